The summed E-state index contributed by atoms with van der Waals surface area (Å²) in [6, 6.07) is 10.1. The fourth-order valence-corrected chi connectivity index (χ4v) is 2.40. The monoisotopic (exact) mass is 281 g/mol. The smallest absolute Gasteiger partial charge is 0.343 e. The molecule has 0 aliphatic carbocycles. The van der Waals surface area contributed by atoms with Crippen molar-refractivity contribution in [2.24, 2.45) is 0 Å². The molecule has 1 N–H and O–H groups in total. The number of rotatable bonds is 3. The molecule has 0 spiro atoms. The minimum absolute atomic E-state index is 0.260. The number of fused-ring (bicyclic) bond motifs is 1. The molecule has 3 rings (SSSR count). The maximum absolute atomic E-state index is 12.2. The summed E-state index contributed by atoms with van der Waals surface area (Å²) in [5.41, 5.74) is 3.59. The molecule has 4 heteroatoms. The molecule has 21 heavy (non-hydrogen) atoms. The first-order chi connectivity index (χ1) is 10.1. The fourth-order valence-electron chi connectivity index (χ4n) is 2.40. The van der Waals surface area contributed by atoms with Crippen molar-refractivity contribution in [3.8, 4) is 5.69 Å². The van der Waals surface area contributed by atoms with Crippen molar-refractivity contribution in [2.45, 2.75) is 33.1 Å². The molecule has 4 nitrogen and oxygen atoms in total. The Hall–Kier alpha value is -2.36. The van der Waals surface area contributed by atoms with Crippen LogP contribution in [0.1, 0.15) is 37.9 Å². The lowest BCUT2D eigenvalue weighted by Gasteiger charge is -2.05. The summed E-state index contributed by atoms with van der Waals surface area (Å²) in [7, 11) is 0. The molecule has 1 aromatic carbocycles. The Morgan fingerprint density at radius 3 is 2.57 bits per heavy atom. The lowest BCUT2D eigenvalue weighted by Crippen LogP contribution is -2.20. The second kappa shape index (κ2) is 5.20. The number of H-pyrrole nitrogens is 1. The topological polar surface area (TPSA) is 50.7 Å². The quantitative estimate of drug-likeness (QED) is 0.800. The highest BCUT2D eigenvalue weighted by Crippen LogP contribution is 2.19. The van der Waals surface area contributed by atoms with Crippen LogP contribution < -0.4 is 5.69 Å². The molecular formula is C17H19N3O. The molecule has 0 aliphatic heterocycles. The normalized spacial score (nSPS) is 11.4. The second-order valence-electron chi connectivity index (χ2n) is 5.60. The second-order valence-corrected chi connectivity index (χ2v) is 5.60. The van der Waals surface area contributed by atoms with E-state index in [0.29, 0.717) is 11.6 Å². The van der Waals surface area contributed by atoms with Crippen LogP contribution in [0.4, 0.5) is 0 Å². The molecule has 0 bridgehead atoms. The maximum Gasteiger partial charge on any atom is 0.354 e. The largest absolute Gasteiger partial charge is 0.354 e. The van der Waals surface area contributed by atoms with E-state index in [-0.39, 0.29) is 5.69 Å². The first-order valence-corrected chi connectivity index (χ1v) is 7.30. The third-order valence-electron chi connectivity index (χ3n) is 3.77. The van der Waals surface area contributed by atoms with Gasteiger partial charge in [0.2, 0.25) is 0 Å². The average Bonchev–Trinajstić information content (AvgIpc) is 2.89. The van der Waals surface area contributed by atoms with Crippen molar-refractivity contribution in [2.75, 3.05) is 0 Å². The molecule has 2 heterocycles. The van der Waals surface area contributed by atoms with Gasteiger partial charge in [-0.05, 0) is 36.1 Å². The van der Waals surface area contributed by atoms with Crippen molar-refractivity contribution in [1.82, 2.24) is 14.5 Å². The Kier molecular flexibility index (Phi) is 3.37. The van der Waals surface area contributed by atoms with Gasteiger partial charge in [0.1, 0.15) is 5.65 Å². The van der Waals surface area contributed by atoms with Crippen molar-refractivity contribution in [1.29, 1.82) is 0 Å². The maximum atomic E-state index is 12.2. The molecule has 0 saturated heterocycles. The minimum Gasteiger partial charge on any atom is -0.343 e. The van der Waals surface area contributed by atoms with Gasteiger partial charge in [-0.3, -0.25) is 4.57 Å². The first-order valence-electron chi connectivity index (χ1n) is 7.30. The van der Waals surface area contributed by atoms with Crippen LogP contribution in [0, 0.1) is 0 Å². The zero-order chi connectivity index (χ0) is 15.0. The molecular weight excluding hydrogens is 262 g/mol. The molecule has 0 fully saturated rings. The van der Waals surface area contributed by atoms with E-state index in [2.05, 4.69) is 36.8 Å². The SMILES string of the molecule is CCc1ccc(-n2cc3cc(C(C)C)[nH]c3nc2=O)cc1. The van der Waals surface area contributed by atoms with Crippen LogP contribution in [-0.4, -0.2) is 14.5 Å². The van der Waals surface area contributed by atoms with E-state index in [1.54, 1.807) is 4.57 Å². The molecule has 2 aromatic heterocycles. The van der Waals surface area contributed by atoms with Crippen LogP contribution in [0.5, 0.6) is 0 Å². The average molecular weight is 281 g/mol. The Balaban J connectivity index is 2.13. The van der Waals surface area contributed by atoms with Crippen LogP contribution in [0.2, 0.25) is 0 Å². The molecule has 0 aliphatic rings. The number of hydrogen-bond acceptors (Lipinski definition) is 2. The van der Waals surface area contributed by atoms with Crippen molar-refractivity contribution in [3.63, 3.8) is 0 Å². The van der Waals surface area contributed by atoms with Crippen molar-refractivity contribution >= 4 is 11.0 Å². The van der Waals surface area contributed by atoms with Crippen LogP contribution in [0.3, 0.4) is 0 Å². The van der Waals surface area contributed by atoms with E-state index in [4.69, 9.17) is 0 Å². The van der Waals surface area contributed by atoms with Gasteiger partial charge in [0.05, 0.1) is 5.69 Å². The third-order valence-corrected chi connectivity index (χ3v) is 3.77. The number of nitrogens with zero attached hydrogens (tertiary/aromatic N) is 2. The molecule has 3 aromatic rings. The summed E-state index contributed by atoms with van der Waals surface area (Å²) in [5.74, 6) is 0.381. The number of aromatic nitrogens is 3. The van der Waals surface area contributed by atoms with Crippen LogP contribution in [-0.2, 0) is 6.42 Å². The van der Waals surface area contributed by atoms with E-state index in [9.17, 15) is 4.79 Å². The van der Waals surface area contributed by atoms with Gasteiger partial charge < -0.3 is 4.98 Å². The zero-order valence-corrected chi connectivity index (χ0v) is 12.6. The number of aryl methyl sites for hydroxylation is 1. The van der Waals surface area contributed by atoms with Gasteiger partial charge in [-0.15, -0.1) is 0 Å². The third kappa shape index (κ3) is 2.49. The Morgan fingerprint density at radius 1 is 1.24 bits per heavy atom. The van der Waals surface area contributed by atoms with Gasteiger partial charge in [0, 0.05) is 17.3 Å². The van der Waals surface area contributed by atoms with Gasteiger partial charge in [0.15, 0.2) is 0 Å². The van der Waals surface area contributed by atoms with Crippen molar-refractivity contribution in [3.05, 3.63) is 58.3 Å². The molecule has 0 amide bonds. The lowest BCUT2D eigenvalue weighted by molar-refractivity contribution is 0.834. The number of benzene rings is 1. The van der Waals surface area contributed by atoms with Gasteiger partial charge in [-0.1, -0.05) is 32.9 Å². The van der Waals surface area contributed by atoms with Crippen LogP contribution >= 0.6 is 0 Å². The number of hydrogen-bond donors (Lipinski definition) is 1. The van der Waals surface area contributed by atoms with Crippen molar-refractivity contribution < 1.29 is 0 Å². The molecule has 0 unspecified atom stereocenters. The van der Waals surface area contributed by atoms with Gasteiger partial charge in [-0.25, -0.2) is 4.79 Å². The summed E-state index contributed by atoms with van der Waals surface area (Å²) in [6.45, 7) is 6.34. The molecule has 0 saturated carbocycles. The Labute approximate surface area is 123 Å². The highest BCUT2D eigenvalue weighted by molar-refractivity contribution is 5.76. The molecule has 0 radical (unpaired) electrons. The Bertz CT molecular complexity index is 825. The van der Waals surface area contributed by atoms with Crippen LogP contribution in [0.15, 0.2) is 41.3 Å². The summed E-state index contributed by atoms with van der Waals surface area (Å²) >= 11 is 0. The van der Waals surface area contributed by atoms with Gasteiger partial charge in [0.25, 0.3) is 0 Å². The molecule has 108 valence electrons. The first kappa shape index (κ1) is 13.6. The minimum atomic E-state index is -0.260. The fraction of sp³-hybridized carbons (Fsp3) is 0.294. The summed E-state index contributed by atoms with van der Waals surface area (Å²) in [4.78, 5) is 19.6. The predicted molar refractivity (Wildman–Crippen MR) is 85.2 cm³/mol. The zero-order valence-electron chi connectivity index (χ0n) is 12.6. The highest BCUT2D eigenvalue weighted by atomic mass is 16.1. The summed E-state index contributed by atoms with van der Waals surface area (Å²) in [5, 5.41) is 0.956. The van der Waals surface area contributed by atoms with E-state index in [1.807, 2.05) is 30.5 Å². The van der Waals surface area contributed by atoms with E-state index < -0.39 is 0 Å². The lowest BCUT2D eigenvalue weighted by atomic mass is 10.1. The van der Waals surface area contributed by atoms with Gasteiger partial charge >= 0.3 is 5.69 Å². The number of aromatic amines is 1. The molecule has 0 atom stereocenters. The summed E-state index contributed by atoms with van der Waals surface area (Å²) < 4.78 is 1.60. The van der Waals surface area contributed by atoms with Gasteiger partial charge in [-0.2, -0.15) is 4.98 Å². The van der Waals surface area contributed by atoms with E-state index >= 15 is 0 Å². The standard InChI is InChI=1S/C17H19N3O/c1-4-12-5-7-14(8-6-12)20-10-13-9-15(11(2)3)18-16(13)19-17(20)21/h5-11H,4H2,1-3H3,(H,18,19,21). The van der Waals surface area contributed by atoms with Crippen LogP contribution in [0.25, 0.3) is 16.7 Å². The predicted octanol–water partition coefficient (Wildman–Crippen LogP) is 3.40. The number of nitrogens with one attached hydrogen (secondary N) is 1. The van der Waals surface area contributed by atoms with E-state index in [1.165, 1.54) is 5.56 Å². The Morgan fingerprint density at radius 2 is 1.95 bits per heavy atom. The van der Waals surface area contributed by atoms with E-state index in [0.717, 1.165) is 23.2 Å². The summed E-state index contributed by atoms with van der Waals surface area (Å²) in [6.07, 6.45) is 2.84. The highest BCUT2D eigenvalue weighted by Gasteiger charge is 2.09.